The molecule has 0 unspecified atom stereocenters. The van der Waals surface area contributed by atoms with Crippen LogP contribution in [0.15, 0.2) is 27.6 Å². The SMILES string of the molecule is CC[C@@H](C)OC(=O)CN1C(=O)S/C(=C/c2ccc(O)c(Br)c2)C1=O. The number of hydrogen-bond acceptors (Lipinski definition) is 6. The summed E-state index contributed by atoms with van der Waals surface area (Å²) < 4.78 is 5.57. The predicted molar refractivity (Wildman–Crippen MR) is 94.3 cm³/mol. The standard InChI is InChI=1S/C16H16BrNO5S/c1-3-9(2)23-14(20)8-18-15(21)13(24-16(18)22)7-10-4-5-12(19)11(17)6-10/h4-7,9,19H,3,8H2,1-2H3/b13-7+/t9-/m1/s1. The minimum atomic E-state index is -0.611. The lowest BCUT2D eigenvalue weighted by molar-refractivity contribution is -0.150. The molecule has 2 amide bonds. The average Bonchev–Trinajstić information content (AvgIpc) is 2.78. The first-order valence-electron chi connectivity index (χ1n) is 7.25. The number of phenols is 1. The molecular weight excluding hydrogens is 398 g/mol. The Hall–Kier alpha value is -1.80. The van der Waals surface area contributed by atoms with E-state index in [0.29, 0.717) is 16.5 Å². The summed E-state index contributed by atoms with van der Waals surface area (Å²) in [5.41, 5.74) is 0.646. The van der Waals surface area contributed by atoms with E-state index in [-0.39, 0.29) is 16.8 Å². The Morgan fingerprint density at radius 3 is 2.79 bits per heavy atom. The Balaban J connectivity index is 2.11. The van der Waals surface area contributed by atoms with Crippen molar-refractivity contribution in [2.24, 2.45) is 0 Å². The molecule has 1 atom stereocenters. The predicted octanol–water partition coefficient (Wildman–Crippen LogP) is 3.53. The van der Waals surface area contributed by atoms with E-state index in [1.54, 1.807) is 19.1 Å². The summed E-state index contributed by atoms with van der Waals surface area (Å²) in [4.78, 5) is 37.1. The number of phenolic OH excluding ortho intramolecular Hbond substituents is 1. The number of rotatable bonds is 5. The van der Waals surface area contributed by atoms with E-state index in [1.807, 2.05) is 6.92 Å². The second kappa shape index (κ2) is 7.85. The van der Waals surface area contributed by atoms with Crippen LogP contribution in [-0.4, -0.2) is 39.8 Å². The molecule has 0 radical (unpaired) electrons. The maximum Gasteiger partial charge on any atom is 0.326 e. The van der Waals surface area contributed by atoms with Crippen molar-refractivity contribution in [2.75, 3.05) is 6.54 Å². The Morgan fingerprint density at radius 1 is 1.46 bits per heavy atom. The molecule has 1 aliphatic heterocycles. The molecule has 1 N–H and O–H groups in total. The van der Waals surface area contributed by atoms with E-state index in [0.717, 1.165) is 16.7 Å². The highest BCUT2D eigenvalue weighted by atomic mass is 79.9. The van der Waals surface area contributed by atoms with Crippen LogP contribution in [-0.2, 0) is 14.3 Å². The molecule has 1 saturated heterocycles. The second-order valence-electron chi connectivity index (χ2n) is 5.19. The molecule has 0 aliphatic carbocycles. The van der Waals surface area contributed by atoms with Gasteiger partial charge in [0.2, 0.25) is 0 Å². The monoisotopic (exact) mass is 413 g/mol. The van der Waals surface area contributed by atoms with Crippen LogP contribution < -0.4 is 0 Å². The minimum Gasteiger partial charge on any atom is -0.507 e. The number of imide groups is 1. The van der Waals surface area contributed by atoms with Crippen molar-refractivity contribution in [3.63, 3.8) is 0 Å². The van der Waals surface area contributed by atoms with Crippen LogP contribution in [0.3, 0.4) is 0 Å². The van der Waals surface area contributed by atoms with Crippen LogP contribution in [0, 0.1) is 0 Å². The van der Waals surface area contributed by atoms with Crippen molar-refractivity contribution in [1.29, 1.82) is 0 Å². The molecule has 1 aromatic rings. The van der Waals surface area contributed by atoms with Crippen LogP contribution >= 0.6 is 27.7 Å². The molecule has 2 rings (SSSR count). The number of carbonyl (C=O) groups is 3. The van der Waals surface area contributed by atoms with Gasteiger partial charge in [0.05, 0.1) is 15.5 Å². The first kappa shape index (κ1) is 18.5. The van der Waals surface area contributed by atoms with E-state index in [4.69, 9.17) is 4.74 Å². The smallest absolute Gasteiger partial charge is 0.326 e. The van der Waals surface area contributed by atoms with Gasteiger partial charge in [0, 0.05) is 0 Å². The molecular formula is C16H16BrNO5S. The largest absolute Gasteiger partial charge is 0.507 e. The summed E-state index contributed by atoms with van der Waals surface area (Å²) in [6.45, 7) is 3.22. The Labute approximate surface area is 152 Å². The number of aromatic hydroxyl groups is 1. The molecule has 0 aromatic heterocycles. The van der Waals surface area contributed by atoms with E-state index in [2.05, 4.69) is 15.9 Å². The number of nitrogens with zero attached hydrogens (tertiary/aromatic N) is 1. The van der Waals surface area contributed by atoms with Crippen molar-refractivity contribution >= 4 is 50.9 Å². The summed E-state index contributed by atoms with van der Waals surface area (Å²) in [7, 11) is 0. The number of hydrogen-bond donors (Lipinski definition) is 1. The summed E-state index contributed by atoms with van der Waals surface area (Å²) in [5, 5.41) is 8.97. The first-order chi connectivity index (χ1) is 11.3. The van der Waals surface area contributed by atoms with Crippen molar-refractivity contribution in [3.8, 4) is 5.75 Å². The van der Waals surface area contributed by atoms with Gasteiger partial charge in [-0.25, -0.2) is 0 Å². The number of ether oxygens (including phenoxy) is 1. The highest BCUT2D eigenvalue weighted by Crippen LogP contribution is 2.33. The lowest BCUT2D eigenvalue weighted by Gasteiger charge is -2.14. The Bertz CT molecular complexity index is 718. The highest BCUT2D eigenvalue weighted by molar-refractivity contribution is 9.10. The van der Waals surface area contributed by atoms with Crippen LogP contribution in [0.5, 0.6) is 5.75 Å². The maximum absolute atomic E-state index is 12.3. The van der Waals surface area contributed by atoms with E-state index < -0.39 is 23.7 Å². The molecule has 1 aliphatic rings. The Kier molecular flexibility index (Phi) is 6.06. The first-order valence-corrected chi connectivity index (χ1v) is 8.86. The van der Waals surface area contributed by atoms with Gasteiger partial charge in [-0.2, -0.15) is 0 Å². The average molecular weight is 414 g/mol. The lowest BCUT2D eigenvalue weighted by Crippen LogP contribution is -2.35. The normalized spacial score (nSPS) is 17.5. The lowest BCUT2D eigenvalue weighted by atomic mass is 10.2. The molecule has 0 saturated carbocycles. The zero-order chi connectivity index (χ0) is 17.9. The van der Waals surface area contributed by atoms with Crippen molar-refractivity contribution < 1.29 is 24.2 Å². The minimum absolute atomic E-state index is 0.0769. The molecule has 1 heterocycles. The van der Waals surface area contributed by atoms with Gasteiger partial charge in [-0.05, 0) is 64.8 Å². The van der Waals surface area contributed by atoms with Crippen LogP contribution in [0.25, 0.3) is 6.08 Å². The molecule has 8 heteroatoms. The molecule has 0 spiro atoms. The fourth-order valence-electron chi connectivity index (χ4n) is 1.87. The maximum atomic E-state index is 12.3. The number of esters is 1. The summed E-state index contributed by atoms with van der Waals surface area (Å²) in [6, 6.07) is 4.72. The topological polar surface area (TPSA) is 83.9 Å². The van der Waals surface area contributed by atoms with Crippen molar-refractivity contribution in [3.05, 3.63) is 33.1 Å². The number of halogens is 1. The Morgan fingerprint density at radius 2 is 2.17 bits per heavy atom. The molecule has 6 nitrogen and oxygen atoms in total. The van der Waals surface area contributed by atoms with Crippen LogP contribution in [0.4, 0.5) is 4.79 Å². The zero-order valence-electron chi connectivity index (χ0n) is 13.1. The molecule has 1 aromatic carbocycles. The third kappa shape index (κ3) is 4.39. The molecule has 24 heavy (non-hydrogen) atoms. The van der Waals surface area contributed by atoms with E-state index in [1.165, 1.54) is 12.1 Å². The van der Waals surface area contributed by atoms with Gasteiger partial charge < -0.3 is 9.84 Å². The number of carbonyl (C=O) groups excluding carboxylic acids is 3. The summed E-state index contributed by atoms with van der Waals surface area (Å²) in [5.74, 6) is -1.07. The van der Waals surface area contributed by atoms with Crippen molar-refractivity contribution in [1.82, 2.24) is 4.90 Å². The van der Waals surface area contributed by atoms with Gasteiger partial charge in [-0.3, -0.25) is 19.3 Å². The van der Waals surface area contributed by atoms with Gasteiger partial charge in [0.25, 0.3) is 11.1 Å². The highest BCUT2D eigenvalue weighted by Gasteiger charge is 2.36. The summed E-state index contributed by atoms with van der Waals surface area (Å²) in [6.07, 6.45) is 1.93. The van der Waals surface area contributed by atoms with E-state index >= 15 is 0 Å². The quantitative estimate of drug-likeness (QED) is 0.586. The van der Waals surface area contributed by atoms with Crippen LogP contribution in [0.1, 0.15) is 25.8 Å². The van der Waals surface area contributed by atoms with Gasteiger partial charge >= 0.3 is 5.97 Å². The van der Waals surface area contributed by atoms with Gasteiger partial charge in [0.1, 0.15) is 12.3 Å². The molecule has 1 fully saturated rings. The summed E-state index contributed by atoms with van der Waals surface area (Å²) >= 11 is 3.95. The third-order valence-corrected chi connectivity index (χ3v) is 4.88. The van der Waals surface area contributed by atoms with Gasteiger partial charge in [0.15, 0.2) is 0 Å². The number of amides is 2. The fraction of sp³-hybridized carbons (Fsp3) is 0.312. The van der Waals surface area contributed by atoms with Crippen molar-refractivity contribution in [2.45, 2.75) is 26.4 Å². The van der Waals surface area contributed by atoms with Gasteiger partial charge in [-0.1, -0.05) is 13.0 Å². The third-order valence-electron chi connectivity index (χ3n) is 3.34. The zero-order valence-corrected chi connectivity index (χ0v) is 15.5. The second-order valence-corrected chi connectivity index (χ2v) is 7.03. The van der Waals surface area contributed by atoms with Gasteiger partial charge in [-0.15, -0.1) is 0 Å². The molecule has 128 valence electrons. The van der Waals surface area contributed by atoms with Crippen LogP contribution in [0.2, 0.25) is 0 Å². The fourth-order valence-corrected chi connectivity index (χ4v) is 3.11. The molecule has 0 bridgehead atoms. The van der Waals surface area contributed by atoms with E-state index in [9.17, 15) is 19.5 Å². The number of benzene rings is 1. The number of thioether (sulfide) groups is 1.